The van der Waals surface area contributed by atoms with E-state index in [0.29, 0.717) is 18.1 Å². The monoisotopic (exact) mass is 824 g/mol. The number of benzene rings is 4. The number of hydrogen-bond acceptors (Lipinski definition) is 0. The number of rotatable bonds is 10. The van der Waals surface area contributed by atoms with Gasteiger partial charge in [-0.15, -0.1) is 24.8 Å². The van der Waals surface area contributed by atoms with Gasteiger partial charge in [-0.3, -0.25) is 0 Å². The zero-order valence-corrected chi connectivity index (χ0v) is 37.6. The molecule has 0 radical (unpaired) electrons. The Morgan fingerprint density at radius 3 is 1.25 bits per heavy atom. The SMILES string of the molecule is CCC1(CC2=Cc3c(-c4ccccc4)cccc3[CH]2[Zr]([CH3])([CH3])(=[SiH2])[CH]2C(CC3(CC)CCCC3)=Cc3c(-c4ccccc4)cccc32)CCCC1.Cl.Cl. The molecule has 4 aromatic rings. The average molecular weight is 827 g/mol. The first-order valence-electron chi connectivity index (χ1n) is 20.0. The predicted molar refractivity (Wildman–Crippen MR) is 232 cm³/mol. The standard InChI is InChI=1S/2C23H25.2CH3.2ClH.H2Si.Zr/c2*1-2-23(13-6-7-14-23)17-18-15-20-11-8-12-21(22(20)16-18)19-9-4-3-5-10-19;;;;;;/h2*3-5,8-12,15-16H,2,6-7,13-14,17H2,1H3;2*1H3;2*1H;1H2;. The fourth-order valence-corrected chi connectivity index (χ4v) is 31.5. The molecule has 0 amide bonds. The second-order valence-corrected chi connectivity index (χ2v) is 48.5. The molecule has 52 heavy (non-hydrogen) atoms. The third-order valence-electron chi connectivity index (χ3n) is 14.4. The minimum atomic E-state index is -3.85. The van der Waals surface area contributed by atoms with E-state index in [1.54, 1.807) is 22.3 Å². The van der Waals surface area contributed by atoms with Gasteiger partial charge in [0.2, 0.25) is 0 Å². The Kier molecular flexibility index (Phi) is 11.7. The Bertz CT molecular complexity index is 1880. The molecule has 0 heterocycles. The van der Waals surface area contributed by atoms with Crippen LogP contribution < -0.4 is 0 Å². The van der Waals surface area contributed by atoms with Gasteiger partial charge in [-0.1, -0.05) is 0 Å². The van der Waals surface area contributed by atoms with Crippen LogP contribution in [0.5, 0.6) is 0 Å². The summed E-state index contributed by atoms with van der Waals surface area (Å²) in [6.45, 7) is 7.54. The summed E-state index contributed by atoms with van der Waals surface area (Å²) in [5.74, 6) is 0. The Morgan fingerprint density at radius 1 is 0.538 bits per heavy atom. The maximum absolute atomic E-state index is 3.85. The first-order chi connectivity index (χ1) is 24.1. The molecule has 4 heteroatoms. The van der Waals surface area contributed by atoms with Crippen molar-refractivity contribution in [3.05, 3.63) is 130 Å². The second kappa shape index (κ2) is 15.3. The molecule has 2 saturated carbocycles. The van der Waals surface area contributed by atoms with E-state index < -0.39 is 17.4 Å². The summed E-state index contributed by atoms with van der Waals surface area (Å²) < 4.78 is 6.90. The van der Waals surface area contributed by atoms with Gasteiger partial charge >= 0.3 is 307 Å². The van der Waals surface area contributed by atoms with Gasteiger partial charge in [-0.2, -0.15) is 0 Å². The molecule has 4 aliphatic rings. The summed E-state index contributed by atoms with van der Waals surface area (Å²) in [5, 5.41) is 0. The zero-order valence-electron chi connectivity index (χ0n) is 32.1. The largest absolute Gasteiger partial charge is 0.147 e. The molecule has 4 aromatic carbocycles. The molecule has 274 valence electrons. The van der Waals surface area contributed by atoms with E-state index in [2.05, 4.69) is 139 Å². The predicted octanol–water partition coefficient (Wildman–Crippen LogP) is 14.5. The molecule has 0 bridgehead atoms. The van der Waals surface area contributed by atoms with Crippen molar-refractivity contribution < 1.29 is 17.4 Å². The van der Waals surface area contributed by atoms with E-state index in [9.17, 15) is 0 Å². The molecule has 0 aromatic heterocycles. The molecule has 0 saturated heterocycles. The van der Waals surface area contributed by atoms with Crippen molar-refractivity contribution >= 4 is 43.8 Å². The van der Waals surface area contributed by atoms with Crippen LogP contribution in [0.4, 0.5) is 0 Å². The van der Waals surface area contributed by atoms with E-state index in [4.69, 9.17) is 0 Å². The van der Waals surface area contributed by atoms with Gasteiger partial charge < -0.3 is 0 Å². The van der Waals surface area contributed by atoms with Gasteiger partial charge in [-0.25, -0.2) is 0 Å². The summed E-state index contributed by atoms with van der Waals surface area (Å²) in [7, 11) is 0. The number of fused-ring (bicyclic) bond motifs is 2. The third kappa shape index (κ3) is 6.91. The molecule has 2 unspecified atom stereocenters. The zero-order chi connectivity index (χ0) is 34.6. The van der Waals surface area contributed by atoms with E-state index in [0.717, 1.165) is 0 Å². The van der Waals surface area contributed by atoms with Crippen molar-refractivity contribution in [2.24, 2.45) is 10.8 Å². The fourth-order valence-electron chi connectivity index (χ4n) is 11.8. The van der Waals surface area contributed by atoms with Gasteiger partial charge in [-0.05, 0) is 0 Å². The Hall–Kier alpha value is -1.96. The molecule has 2 atom stereocenters. The van der Waals surface area contributed by atoms with E-state index in [1.165, 1.54) is 110 Å². The van der Waals surface area contributed by atoms with Crippen molar-refractivity contribution in [3.8, 4) is 22.3 Å². The Morgan fingerprint density at radius 2 is 0.904 bits per heavy atom. The summed E-state index contributed by atoms with van der Waals surface area (Å²) in [6, 6.07) is 37.2. The second-order valence-electron chi connectivity index (χ2n) is 18.1. The van der Waals surface area contributed by atoms with Crippen LogP contribution in [0.15, 0.2) is 108 Å². The summed E-state index contributed by atoms with van der Waals surface area (Å²) >= 11 is -3.85. The number of hydrogen-bond donors (Lipinski definition) is 0. The minimum Gasteiger partial charge on any atom is -0.147 e. The van der Waals surface area contributed by atoms with Crippen molar-refractivity contribution in [3.63, 3.8) is 0 Å². The quantitative estimate of drug-likeness (QED) is 0.140. The first kappa shape index (κ1) is 39.7. The Balaban J connectivity index is 0.00000232. The van der Waals surface area contributed by atoms with Crippen molar-refractivity contribution in [2.45, 2.75) is 107 Å². The van der Waals surface area contributed by atoms with Gasteiger partial charge in [0.15, 0.2) is 0 Å². The molecule has 4 aliphatic carbocycles. The van der Waals surface area contributed by atoms with E-state index >= 15 is 0 Å². The Labute approximate surface area is 329 Å². The molecule has 0 nitrogen and oxygen atoms in total. The summed E-state index contributed by atoms with van der Waals surface area (Å²) in [4.78, 5) is 0. The van der Waals surface area contributed by atoms with Crippen LogP contribution in [-0.4, -0.2) is 6.88 Å². The van der Waals surface area contributed by atoms with Crippen LogP contribution in [0.2, 0.25) is 9.26 Å². The smallest absolute Gasteiger partial charge is 0.147 e. The van der Waals surface area contributed by atoms with E-state index in [1.807, 2.05) is 0 Å². The van der Waals surface area contributed by atoms with Crippen LogP contribution in [0, 0.1) is 10.8 Å². The van der Waals surface area contributed by atoms with Gasteiger partial charge in [0.25, 0.3) is 0 Å². The molecule has 0 aliphatic heterocycles. The summed E-state index contributed by atoms with van der Waals surface area (Å²) in [5.41, 5.74) is 16.4. The maximum Gasteiger partial charge on any atom is -0.147 e. The molecule has 2 fully saturated rings. The topological polar surface area (TPSA) is 0 Å². The van der Waals surface area contributed by atoms with Crippen molar-refractivity contribution in [1.82, 2.24) is 0 Å². The molecule has 0 N–H and O–H groups in total. The van der Waals surface area contributed by atoms with Crippen LogP contribution in [-0.2, 0) is 17.4 Å². The van der Waals surface area contributed by atoms with Gasteiger partial charge in [0, 0.05) is 0 Å². The molecule has 0 spiro atoms. The van der Waals surface area contributed by atoms with E-state index in [-0.39, 0.29) is 24.8 Å². The van der Waals surface area contributed by atoms with Gasteiger partial charge in [0.1, 0.15) is 0 Å². The number of halogens is 2. The van der Waals surface area contributed by atoms with Crippen LogP contribution in [0.3, 0.4) is 0 Å². The molecular weight excluding hydrogens is 767 g/mol. The first-order valence-corrected chi connectivity index (χ1v) is 33.7. The molecule has 8 rings (SSSR count). The third-order valence-corrected chi connectivity index (χ3v) is 31.9. The van der Waals surface area contributed by atoms with Crippen LogP contribution in [0.1, 0.15) is 120 Å². The average Bonchev–Trinajstić information content (AvgIpc) is 3.94. The van der Waals surface area contributed by atoms with Gasteiger partial charge in [0.05, 0.1) is 0 Å². The maximum atomic E-state index is 2.89. The number of allylic oxidation sites excluding steroid dienone is 2. The summed E-state index contributed by atoms with van der Waals surface area (Å²) in [6.07, 6.45) is 21.9. The molecular formula is C48H60Cl2SiZr. The van der Waals surface area contributed by atoms with Crippen molar-refractivity contribution in [2.75, 3.05) is 0 Å². The minimum absolute atomic E-state index is 0. The fraction of sp³-hybridized carbons (Fsp3) is 0.417. The normalized spacial score (nSPS) is 21.4. The van der Waals surface area contributed by atoms with Crippen molar-refractivity contribution in [1.29, 1.82) is 0 Å². The van der Waals surface area contributed by atoms with Crippen LogP contribution in [0.25, 0.3) is 34.4 Å². The van der Waals surface area contributed by atoms with Crippen LogP contribution >= 0.6 is 24.8 Å².